The van der Waals surface area contributed by atoms with Gasteiger partial charge in [0.1, 0.15) is 22.9 Å². The lowest BCUT2D eigenvalue weighted by Crippen LogP contribution is -2.44. The summed E-state index contributed by atoms with van der Waals surface area (Å²) < 4.78 is 24.4. The lowest BCUT2D eigenvalue weighted by atomic mass is 9.88. The van der Waals surface area contributed by atoms with Gasteiger partial charge in [0.05, 0.1) is 6.61 Å². The Balaban J connectivity index is 2.05. The molecule has 0 aromatic heterocycles. The van der Waals surface area contributed by atoms with Crippen LogP contribution in [0.25, 0.3) is 0 Å². The van der Waals surface area contributed by atoms with E-state index in [4.69, 9.17) is 14.9 Å². The van der Waals surface area contributed by atoms with Crippen LogP contribution in [-0.2, 0) is 16.1 Å². The Labute approximate surface area is 231 Å². The number of alkyl carbamates (subject to hydrolysis) is 1. The van der Waals surface area contributed by atoms with Gasteiger partial charge in [0.15, 0.2) is 0 Å². The Kier molecular flexibility index (Phi) is 11.3. The van der Waals surface area contributed by atoms with E-state index in [0.717, 1.165) is 5.56 Å². The lowest BCUT2D eigenvalue weighted by Gasteiger charge is -2.28. The van der Waals surface area contributed by atoms with Gasteiger partial charge < -0.3 is 25.4 Å². The lowest BCUT2D eigenvalue weighted by molar-refractivity contribution is -0.116. The van der Waals surface area contributed by atoms with Crippen molar-refractivity contribution < 1.29 is 23.5 Å². The van der Waals surface area contributed by atoms with Crippen molar-refractivity contribution in [3.63, 3.8) is 0 Å². The molecule has 2 aromatic rings. The van der Waals surface area contributed by atoms with E-state index < -0.39 is 17.6 Å². The van der Waals surface area contributed by atoms with Gasteiger partial charge in [-0.25, -0.2) is 9.18 Å². The summed E-state index contributed by atoms with van der Waals surface area (Å²) in [5, 5.41) is 17.5. The number of benzene rings is 2. The molecule has 0 radical (unpaired) electrons. The Morgan fingerprint density at radius 2 is 1.67 bits per heavy atom. The van der Waals surface area contributed by atoms with Crippen LogP contribution in [0.5, 0.6) is 5.75 Å². The maximum Gasteiger partial charge on any atom is 0.407 e. The van der Waals surface area contributed by atoms with Crippen molar-refractivity contribution >= 4 is 23.4 Å². The standard InChI is InChI=1S/C30H43FN4O4/c1-20(29(2,3)4)35-27(36)26(32)24-18-23(38-17-9-8-16-33-28(37)39-30(5,6)7)14-15-25(24)34-19-21-10-12-22(31)13-11-21/h10-15,18,20,32,34H,8-9,16-17,19H2,1-7H3,(H,33,37)(H,35,36). The summed E-state index contributed by atoms with van der Waals surface area (Å²) in [6.45, 7) is 14.7. The van der Waals surface area contributed by atoms with Crippen LogP contribution < -0.4 is 20.7 Å². The number of amides is 2. The summed E-state index contributed by atoms with van der Waals surface area (Å²) in [6, 6.07) is 11.2. The average molecular weight is 543 g/mol. The van der Waals surface area contributed by atoms with E-state index in [-0.39, 0.29) is 23.0 Å². The number of halogens is 1. The van der Waals surface area contributed by atoms with Crippen LogP contribution in [0.3, 0.4) is 0 Å². The van der Waals surface area contributed by atoms with Crippen molar-refractivity contribution in [2.45, 2.75) is 79.5 Å². The molecular formula is C30H43FN4O4. The zero-order valence-electron chi connectivity index (χ0n) is 24.2. The number of ether oxygens (including phenoxy) is 2. The first-order valence-electron chi connectivity index (χ1n) is 13.3. The number of carbonyl (C=O) groups excluding carboxylic acids is 2. The van der Waals surface area contributed by atoms with Crippen LogP contribution in [0.1, 0.15) is 72.4 Å². The molecule has 2 aromatic carbocycles. The van der Waals surface area contributed by atoms with Gasteiger partial charge in [0, 0.05) is 30.4 Å². The van der Waals surface area contributed by atoms with Crippen LogP contribution in [0.4, 0.5) is 14.9 Å². The van der Waals surface area contributed by atoms with Crippen molar-refractivity contribution in [1.82, 2.24) is 10.6 Å². The molecule has 2 rings (SSSR count). The first-order chi connectivity index (χ1) is 18.2. The van der Waals surface area contributed by atoms with E-state index >= 15 is 0 Å². The minimum absolute atomic E-state index is 0.144. The highest BCUT2D eigenvalue weighted by molar-refractivity contribution is 6.45. The number of hydrogen-bond acceptors (Lipinski definition) is 6. The fraction of sp³-hybridized carbons (Fsp3) is 0.500. The van der Waals surface area contributed by atoms with Crippen molar-refractivity contribution in [3.05, 3.63) is 59.4 Å². The third-order valence-corrected chi connectivity index (χ3v) is 6.04. The van der Waals surface area contributed by atoms with Gasteiger partial charge in [-0.2, -0.15) is 0 Å². The molecule has 0 saturated carbocycles. The second kappa shape index (κ2) is 14.0. The van der Waals surface area contributed by atoms with Crippen molar-refractivity contribution in [1.29, 1.82) is 5.41 Å². The molecule has 0 bridgehead atoms. The normalized spacial score (nSPS) is 12.3. The van der Waals surface area contributed by atoms with E-state index in [0.29, 0.717) is 49.5 Å². The number of hydrogen-bond donors (Lipinski definition) is 4. The zero-order chi connectivity index (χ0) is 29.2. The van der Waals surface area contributed by atoms with Gasteiger partial charge in [0.2, 0.25) is 0 Å². The van der Waals surface area contributed by atoms with Crippen LogP contribution in [0, 0.1) is 16.6 Å². The van der Waals surface area contributed by atoms with Crippen LogP contribution in [-0.4, -0.2) is 42.5 Å². The van der Waals surface area contributed by atoms with Gasteiger partial charge in [-0.15, -0.1) is 0 Å². The number of unbranched alkanes of at least 4 members (excludes halogenated alkanes) is 1. The summed E-state index contributed by atoms with van der Waals surface area (Å²) in [7, 11) is 0. The number of carbonyl (C=O) groups is 2. The third-order valence-electron chi connectivity index (χ3n) is 6.04. The first-order valence-corrected chi connectivity index (χ1v) is 13.3. The molecule has 214 valence electrons. The van der Waals surface area contributed by atoms with E-state index in [9.17, 15) is 14.0 Å². The predicted molar refractivity (Wildman–Crippen MR) is 153 cm³/mol. The molecule has 4 N–H and O–H groups in total. The molecule has 0 aliphatic heterocycles. The largest absolute Gasteiger partial charge is 0.494 e. The molecule has 0 heterocycles. The molecule has 0 aliphatic rings. The van der Waals surface area contributed by atoms with Crippen LogP contribution in [0.2, 0.25) is 0 Å². The zero-order valence-corrected chi connectivity index (χ0v) is 24.2. The van der Waals surface area contributed by atoms with Crippen molar-refractivity contribution in [3.8, 4) is 5.75 Å². The van der Waals surface area contributed by atoms with E-state index in [2.05, 4.69) is 16.0 Å². The second-order valence-electron chi connectivity index (χ2n) is 11.6. The molecule has 8 nitrogen and oxygen atoms in total. The first kappa shape index (κ1) is 31.6. The molecule has 2 amide bonds. The predicted octanol–water partition coefficient (Wildman–Crippen LogP) is 6.04. The molecule has 9 heteroatoms. The fourth-order valence-corrected chi connectivity index (χ4v) is 3.30. The molecule has 0 fully saturated rings. The van der Waals surface area contributed by atoms with Gasteiger partial charge in [0.25, 0.3) is 5.91 Å². The maximum atomic E-state index is 13.3. The van der Waals surface area contributed by atoms with Gasteiger partial charge in [-0.05, 0) is 81.8 Å². The van der Waals surface area contributed by atoms with E-state index in [1.807, 2.05) is 48.5 Å². The molecule has 39 heavy (non-hydrogen) atoms. The average Bonchev–Trinajstić information content (AvgIpc) is 2.84. The molecule has 0 aliphatic carbocycles. The minimum Gasteiger partial charge on any atom is -0.494 e. The molecule has 1 atom stereocenters. The summed E-state index contributed by atoms with van der Waals surface area (Å²) in [4.78, 5) is 24.7. The summed E-state index contributed by atoms with van der Waals surface area (Å²) >= 11 is 0. The quantitative estimate of drug-likeness (QED) is 0.193. The van der Waals surface area contributed by atoms with E-state index in [1.54, 1.807) is 30.3 Å². The highest BCUT2D eigenvalue weighted by Crippen LogP contribution is 2.25. The van der Waals surface area contributed by atoms with Crippen LogP contribution >= 0.6 is 0 Å². The van der Waals surface area contributed by atoms with Gasteiger partial charge in [-0.3, -0.25) is 10.2 Å². The van der Waals surface area contributed by atoms with Crippen LogP contribution in [0.15, 0.2) is 42.5 Å². The Hall–Kier alpha value is -3.62. The van der Waals surface area contributed by atoms with Crippen molar-refractivity contribution in [2.24, 2.45) is 5.41 Å². The Bertz CT molecular complexity index is 1120. The highest BCUT2D eigenvalue weighted by atomic mass is 19.1. The molecular weight excluding hydrogens is 499 g/mol. The Morgan fingerprint density at radius 1 is 1.00 bits per heavy atom. The minimum atomic E-state index is -0.541. The second-order valence-corrected chi connectivity index (χ2v) is 11.6. The summed E-state index contributed by atoms with van der Waals surface area (Å²) in [6.07, 6.45) is 0.942. The topological polar surface area (TPSA) is 113 Å². The van der Waals surface area contributed by atoms with Gasteiger partial charge >= 0.3 is 6.09 Å². The monoisotopic (exact) mass is 542 g/mol. The molecule has 0 spiro atoms. The Morgan fingerprint density at radius 3 is 2.28 bits per heavy atom. The molecule has 1 unspecified atom stereocenters. The highest BCUT2D eigenvalue weighted by Gasteiger charge is 2.25. The number of nitrogens with one attached hydrogen (secondary N) is 4. The fourth-order valence-electron chi connectivity index (χ4n) is 3.30. The number of anilines is 1. The molecule has 0 saturated heterocycles. The smallest absolute Gasteiger partial charge is 0.407 e. The van der Waals surface area contributed by atoms with E-state index in [1.165, 1.54) is 12.1 Å². The number of rotatable bonds is 12. The summed E-state index contributed by atoms with van der Waals surface area (Å²) in [5.74, 6) is -0.264. The summed E-state index contributed by atoms with van der Waals surface area (Å²) in [5.41, 5.74) is 0.972. The van der Waals surface area contributed by atoms with Crippen molar-refractivity contribution in [2.75, 3.05) is 18.5 Å². The maximum absolute atomic E-state index is 13.3. The SMILES string of the molecule is CC(NC(=O)C(=N)c1cc(OCCCCNC(=O)OC(C)(C)C)ccc1NCc1ccc(F)cc1)C(C)(C)C. The van der Waals surface area contributed by atoms with Gasteiger partial charge in [-0.1, -0.05) is 32.9 Å². The third kappa shape index (κ3) is 11.3.